The summed E-state index contributed by atoms with van der Waals surface area (Å²) in [5.74, 6) is 0.485. The minimum Gasteiger partial charge on any atom is -0.381 e. The van der Waals surface area contributed by atoms with Crippen molar-refractivity contribution in [1.82, 2.24) is 4.90 Å². The molecule has 2 aromatic rings. The molecule has 3 nitrogen and oxygen atoms in total. The van der Waals surface area contributed by atoms with E-state index in [0.717, 1.165) is 25.3 Å². The van der Waals surface area contributed by atoms with Gasteiger partial charge in [-0.2, -0.15) is 5.26 Å². The Kier molecular flexibility index (Phi) is 7.25. The molecule has 130 valence electrons. The summed E-state index contributed by atoms with van der Waals surface area (Å²) in [6.45, 7) is 11.1. The van der Waals surface area contributed by atoms with Gasteiger partial charge in [-0.1, -0.05) is 50.3 Å². The number of hydrogen-bond donors (Lipinski definition) is 1. The van der Waals surface area contributed by atoms with Crippen molar-refractivity contribution in [3.63, 3.8) is 0 Å². The summed E-state index contributed by atoms with van der Waals surface area (Å²) in [4.78, 5) is 2.41. The van der Waals surface area contributed by atoms with E-state index in [1.807, 2.05) is 36.4 Å². The van der Waals surface area contributed by atoms with Gasteiger partial charge in [0.25, 0.3) is 0 Å². The predicted molar refractivity (Wildman–Crippen MR) is 105 cm³/mol. The Bertz CT molecular complexity index is 683. The molecule has 0 aliphatic heterocycles. The number of benzene rings is 2. The molecule has 0 spiro atoms. The van der Waals surface area contributed by atoms with Gasteiger partial charge in [0.15, 0.2) is 0 Å². The number of anilines is 1. The molecule has 2 rings (SSSR count). The van der Waals surface area contributed by atoms with Gasteiger partial charge in [-0.15, -0.1) is 6.58 Å². The maximum absolute atomic E-state index is 8.93. The molecule has 0 unspecified atom stereocenters. The highest BCUT2D eigenvalue weighted by atomic mass is 15.1. The minimum atomic E-state index is 0.316. The molecule has 0 aliphatic carbocycles. The number of rotatable bonds is 9. The van der Waals surface area contributed by atoms with Gasteiger partial charge in [-0.05, 0) is 35.7 Å². The Balaban J connectivity index is 2.06. The van der Waals surface area contributed by atoms with Crippen molar-refractivity contribution in [2.45, 2.75) is 26.4 Å². The average Bonchev–Trinajstić information content (AvgIpc) is 2.62. The second kappa shape index (κ2) is 9.66. The molecule has 1 N–H and O–H groups in total. The van der Waals surface area contributed by atoms with Gasteiger partial charge < -0.3 is 5.32 Å². The van der Waals surface area contributed by atoms with Gasteiger partial charge in [0.2, 0.25) is 0 Å². The van der Waals surface area contributed by atoms with Crippen LogP contribution in [-0.4, -0.2) is 24.0 Å². The molecule has 0 saturated carbocycles. The van der Waals surface area contributed by atoms with Crippen molar-refractivity contribution >= 4 is 5.69 Å². The molecule has 0 heterocycles. The summed E-state index contributed by atoms with van der Waals surface area (Å²) in [6.07, 6.45) is 1.96. The van der Waals surface area contributed by atoms with Crippen LogP contribution in [0.1, 0.15) is 25.0 Å². The van der Waals surface area contributed by atoms with Crippen molar-refractivity contribution in [2.24, 2.45) is 5.92 Å². The fourth-order valence-electron chi connectivity index (χ4n) is 2.78. The van der Waals surface area contributed by atoms with Crippen molar-refractivity contribution in [2.75, 3.05) is 18.4 Å². The number of nitriles is 1. The van der Waals surface area contributed by atoms with Gasteiger partial charge in [0.1, 0.15) is 0 Å². The number of hydrogen-bond acceptors (Lipinski definition) is 3. The van der Waals surface area contributed by atoms with Gasteiger partial charge in [0.05, 0.1) is 11.6 Å². The predicted octanol–water partition coefficient (Wildman–Crippen LogP) is 4.68. The molecule has 0 aromatic heterocycles. The number of nitrogens with one attached hydrogen (secondary N) is 1. The van der Waals surface area contributed by atoms with Gasteiger partial charge in [-0.25, -0.2) is 0 Å². The normalized spacial score (nSPS) is 12.0. The van der Waals surface area contributed by atoms with E-state index in [-0.39, 0.29) is 0 Å². The standard InChI is InChI=1S/C22H27N3/c1-4-14-25(16-20-8-6-5-7-9-20)17-22(18(2)3)24-21-12-10-19(15-23)11-13-21/h4-13,18,22,24H,1,14,16-17H2,2-3H3/t22-/m1/s1. The first kappa shape index (κ1) is 18.8. The highest BCUT2D eigenvalue weighted by Crippen LogP contribution is 2.16. The van der Waals surface area contributed by atoms with E-state index in [1.165, 1.54) is 5.56 Å². The fraction of sp³-hybridized carbons (Fsp3) is 0.318. The highest BCUT2D eigenvalue weighted by Gasteiger charge is 2.17. The van der Waals surface area contributed by atoms with Crippen LogP contribution >= 0.6 is 0 Å². The quantitative estimate of drug-likeness (QED) is 0.677. The smallest absolute Gasteiger partial charge is 0.0991 e. The van der Waals surface area contributed by atoms with Crippen LogP contribution in [0.4, 0.5) is 5.69 Å². The van der Waals surface area contributed by atoms with Crippen LogP contribution in [0.25, 0.3) is 0 Å². The second-order valence-corrected chi connectivity index (χ2v) is 6.65. The average molecular weight is 333 g/mol. The Morgan fingerprint density at radius 2 is 1.80 bits per heavy atom. The molecule has 25 heavy (non-hydrogen) atoms. The lowest BCUT2D eigenvalue weighted by atomic mass is 10.0. The van der Waals surface area contributed by atoms with E-state index in [1.54, 1.807) is 0 Å². The topological polar surface area (TPSA) is 39.1 Å². The summed E-state index contributed by atoms with van der Waals surface area (Å²) < 4.78 is 0. The molecule has 1 atom stereocenters. The first-order valence-corrected chi connectivity index (χ1v) is 8.76. The Hall–Kier alpha value is -2.57. The summed E-state index contributed by atoms with van der Waals surface area (Å²) in [5.41, 5.74) is 3.05. The van der Waals surface area contributed by atoms with Crippen LogP contribution in [0.5, 0.6) is 0 Å². The van der Waals surface area contributed by atoms with Crippen LogP contribution < -0.4 is 5.32 Å². The molecular formula is C22H27N3. The Labute approximate surface area is 151 Å². The lowest BCUT2D eigenvalue weighted by Gasteiger charge is -2.30. The van der Waals surface area contributed by atoms with Crippen LogP contribution in [0.2, 0.25) is 0 Å². The van der Waals surface area contributed by atoms with Crippen LogP contribution in [0, 0.1) is 17.2 Å². The van der Waals surface area contributed by atoms with E-state index in [2.05, 4.69) is 61.0 Å². The molecule has 0 bridgehead atoms. The third-order valence-electron chi connectivity index (χ3n) is 4.26. The van der Waals surface area contributed by atoms with Crippen LogP contribution in [0.15, 0.2) is 67.3 Å². The third-order valence-corrected chi connectivity index (χ3v) is 4.26. The lowest BCUT2D eigenvalue weighted by molar-refractivity contribution is 0.261. The lowest BCUT2D eigenvalue weighted by Crippen LogP contribution is -2.39. The molecule has 0 amide bonds. The van der Waals surface area contributed by atoms with Crippen molar-refractivity contribution in [3.05, 3.63) is 78.4 Å². The summed E-state index contributed by atoms with van der Waals surface area (Å²) >= 11 is 0. The van der Waals surface area contributed by atoms with Crippen LogP contribution in [0.3, 0.4) is 0 Å². The van der Waals surface area contributed by atoms with Crippen molar-refractivity contribution in [1.29, 1.82) is 5.26 Å². The largest absolute Gasteiger partial charge is 0.381 e. The summed E-state index contributed by atoms with van der Waals surface area (Å²) in [5, 5.41) is 12.5. The van der Waals surface area contributed by atoms with Gasteiger partial charge >= 0.3 is 0 Å². The van der Waals surface area contributed by atoms with Crippen LogP contribution in [-0.2, 0) is 6.54 Å². The molecule has 0 saturated heterocycles. The van der Waals surface area contributed by atoms with Gasteiger partial charge in [0, 0.05) is 31.4 Å². The maximum Gasteiger partial charge on any atom is 0.0991 e. The first-order chi connectivity index (χ1) is 12.1. The van der Waals surface area contributed by atoms with E-state index in [9.17, 15) is 0 Å². The molecule has 0 aliphatic rings. The number of nitrogens with zero attached hydrogens (tertiary/aromatic N) is 2. The van der Waals surface area contributed by atoms with Crippen molar-refractivity contribution in [3.8, 4) is 6.07 Å². The Morgan fingerprint density at radius 3 is 2.36 bits per heavy atom. The molecule has 0 fully saturated rings. The SMILES string of the molecule is C=CCN(Cc1ccccc1)C[C@@H](Nc1ccc(C#N)cc1)C(C)C. The molecular weight excluding hydrogens is 306 g/mol. The third kappa shape index (κ3) is 6.10. The molecule has 3 heteroatoms. The summed E-state index contributed by atoms with van der Waals surface area (Å²) in [7, 11) is 0. The fourth-order valence-corrected chi connectivity index (χ4v) is 2.78. The summed E-state index contributed by atoms with van der Waals surface area (Å²) in [6, 6.07) is 20.7. The molecule has 2 aromatic carbocycles. The first-order valence-electron chi connectivity index (χ1n) is 8.76. The van der Waals surface area contributed by atoms with E-state index < -0.39 is 0 Å². The monoisotopic (exact) mass is 333 g/mol. The van der Waals surface area contributed by atoms with E-state index in [0.29, 0.717) is 17.5 Å². The van der Waals surface area contributed by atoms with Crippen molar-refractivity contribution < 1.29 is 0 Å². The molecule has 0 radical (unpaired) electrons. The van der Waals surface area contributed by atoms with E-state index >= 15 is 0 Å². The maximum atomic E-state index is 8.93. The zero-order valence-electron chi connectivity index (χ0n) is 15.2. The Morgan fingerprint density at radius 1 is 1.12 bits per heavy atom. The van der Waals surface area contributed by atoms with E-state index in [4.69, 9.17) is 5.26 Å². The second-order valence-electron chi connectivity index (χ2n) is 6.65. The zero-order chi connectivity index (χ0) is 18.1. The zero-order valence-corrected chi connectivity index (χ0v) is 15.2. The highest BCUT2D eigenvalue weighted by molar-refractivity contribution is 5.48. The van der Waals surface area contributed by atoms with Gasteiger partial charge in [-0.3, -0.25) is 4.90 Å². The minimum absolute atomic E-state index is 0.316.